The van der Waals surface area contributed by atoms with Crippen molar-refractivity contribution >= 4 is 11.6 Å². The molecule has 1 amide bonds. The van der Waals surface area contributed by atoms with Crippen LogP contribution in [0.15, 0.2) is 42.5 Å². The molecule has 0 aliphatic carbocycles. The Hall–Kier alpha value is -3.37. The Kier molecular flexibility index (Phi) is 5.55. The highest BCUT2D eigenvalue weighted by Gasteiger charge is 2.46. The van der Waals surface area contributed by atoms with Gasteiger partial charge >= 0.3 is 12.4 Å². The van der Waals surface area contributed by atoms with Gasteiger partial charge in [-0.25, -0.2) is 4.68 Å². The third kappa shape index (κ3) is 4.25. The zero-order valence-electron chi connectivity index (χ0n) is 16.0. The molecular weight excluding hydrogens is 431 g/mol. The lowest BCUT2D eigenvalue weighted by Crippen LogP contribution is -2.23. The molecule has 0 spiro atoms. The van der Waals surface area contributed by atoms with Gasteiger partial charge in [-0.15, -0.1) is 0 Å². The summed E-state index contributed by atoms with van der Waals surface area (Å²) in [6, 6.07) is 8.37. The second-order valence-electron chi connectivity index (χ2n) is 6.60. The van der Waals surface area contributed by atoms with Crippen LogP contribution in [0, 0.1) is 12.9 Å². The van der Waals surface area contributed by atoms with Crippen LogP contribution in [0.25, 0.3) is 11.1 Å². The first kappa shape index (κ1) is 22.3. The largest absolute Gasteiger partial charge is 0.419 e. The Bertz CT molecular complexity index is 1130. The van der Waals surface area contributed by atoms with Crippen molar-refractivity contribution in [2.75, 3.05) is 5.32 Å². The summed E-state index contributed by atoms with van der Waals surface area (Å²) in [5.74, 6) is -2.50. The molecule has 3 aromatic rings. The number of anilines is 1. The molecule has 2 aromatic carbocycles. The van der Waals surface area contributed by atoms with E-state index in [1.165, 1.54) is 38.2 Å². The van der Waals surface area contributed by atoms with E-state index in [1.807, 2.05) is 5.32 Å². The fraction of sp³-hybridized carbons (Fsp3) is 0.200. The number of aromatic nitrogens is 2. The van der Waals surface area contributed by atoms with Gasteiger partial charge in [0, 0.05) is 12.6 Å². The maximum absolute atomic E-state index is 14.2. The fourth-order valence-corrected chi connectivity index (χ4v) is 3.19. The van der Waals surface area contributed by atoms with Crippen LogP contribution < -0.4 is 5.32 Å². The maximum Gasteiger partial charge on any atom is 0.419 e. The number of aryl methyl sites for hydroxylation is 2. The Balaban J connectivity index is 2.30. The quantitative estimate of drug-likeness (QED) is 0.516. The number of alkyl halides is 6. The molecule has 1 N–H and O–H groups in total. The zero-order valence-corrected chi connectivity index (χ0v) is 16.0. The molecule has 0 aliphatic rings. The van der Waals surface area contributed by atoms with Gasteiger partial charge in [-0.2, -0.15) is 35.8 Å². The molecule has 0 atom stereocenters. The number of halogens is 7. The molecule has 0 saturated carbocycles. The van der Waals surface area contributed by atoms with Gasteiger partial charge < -0.3 is 5.32 Å². The second-order valence-corrected chi connectivity index (χ2v) is 6.60. The molecule has 0 unspecified atom stereocenters. The summed E-state index contributed by atoms with van der Waals surface area (Å²) in [6.45, 7) is 1.24. The zero-order chi connectivity index (χ0) is 23.1. The predicted octanol–water partition coefficient (Wildman–Crippen LogP) is 5.82. The molecule has 0 radical (unpaired) electrons. The van der Waals surface area contributed by atoms with Crippen LogP contribution in [0.5, 0.6) is 0 Å². The van der Waals surface area contributed by atoms with Crippen LogP contribution in [0.4, 0.5) is 36.4 Å². The van der Waals surface area contributed by atoms with E-state index in [-0.39, 0.29) is 16.8 Å². The van der Waals surface area contributed by atoms with Crippen molar-refractivity contribution < 1.29 is 35.5 Å². The van der Waals surface area contributed by atoms with Crippen molar-refractivity contribution in [2.45, 2.75) is 19.3 Å². The minimum atomic E-state index is -5.47. The van der Waals surface area contributed by atoms with Crippen molar-refractivity contribution in [1.29, 1.82) is 0 Å². The molecule has 4 nitrogen and oxygen atoms in total. The van der Waals surface area contributed by atoms with Gasteiger partial charge in [0.25, 0.3) is 5.91 Å². The van der Waals surface area contributed by atoms with Gasteiger partial charge in [0.15, 0.2) is 0 Å². The monoisotopic (exact) mass is 445 g/mol. The maximum atomic E-state index is 14.2. The number of nitrogens with one attached hydrogen (secondary N) is 1. The molecule has 31 heavy (non-hydrogen) atoms. The minimum Gasteiger partial charge on any atom is -0.321 e. The van der Waals surface area contributed by atoms with E-state index in [1.54, 1.807) is 6.07 Å². The summed E-state index contributed by atoms with van der Waals surface area (Å²) >= 11 is 0. The van der Waals surface area contributed by atoms with E-state index in [2.05, 4.69) is 5.10 Å². The Morgan fingerprint density at radius 2 is 1.58 bits per heavy atom. The van der Waals surface area contributed by atoms with Crippen molar-refractivity contribution in [3.63, 3.8) is 0 Å². The Labute approximate surface area is 171 Å². The topological polar surface area (TPSA) is 46.9 Å². The number of carbonyl (C=O) groups is 1. The third-order valence-electron chi connectivity index (χ3n) is 4.50. The smallest absolute Gasteiger partial charge is 0.321 e. The highest BCUT2D eigenvalue weighted by Crippen LogP contribution is 2.47. The van der Waals surface area contributed by atoms with Crippen molar-refractivity contribution in [3.8, 4) is 11.1 Å². The molecule has 0 fully saturated rings. The number of hydrogen-bond donors (Lipinski definition) is 1. The SMILES string of the molecule is Cc1nn(C)c(F)c1C(=O)Nc1c(-c2ccccc2)ccc(C(F)(F)F)c1C(F)(F)F. The van der Waals surface area contributed by atoms with Gasteiger partial charge in [-0.3, -0.25) is 4.79 Å². The fourth-order valence-electron chi connectivity index (χ4n) is 3.19. The Morgan fingerprint density at radius 3 is 2.06 bits per heavy atom. The van der Waals surface area contributed by atoms with E-state index in [0.29, 0.717) is 10.7 Å². The molecule has 11 heteroatoms. The van der Waals surface area contributed by atoms with Crippen molar-refractivity contribution in [3.05, 3.63) is 70.8 Å². The van der Waals surface area contributed by atoms with E-state index in [0.717, 1.165) is 6.07 Å². The summed E-state index contributed by atoms with van der Waals surface area (Å²) in [4.78, 5) is 12.6. The molecule has 1 aromatic heterocycles. The van der Waals surface area contributed by atoms with Gasteiger partial charge in [-0.05, 0) is 18.6 Å². The molecular formula is C20H14F7N3O. The van der Waals surface area contributed by atoms with Gasteiger partial charge in [-0.1, -0.05) is 36.4 Å². The number of hydrogen-bond acceptors (Lipinski definition) is 2. The number of carbonyl (C=O) groups excluding carboxylic acids is 1. The van der Waals surface area contributed by atoms with Crippen molar-refractivity contribution in [1.82, 2.24) is 9.78 Å². The van der Waals surface area contributed by atoms with Crippen LogP contribution in [0.3, 0.4) is 0 Å². The number of rotatable bonds is 3. The van der Waals surface area contributed by atoms with Crippen molar-refractivity contribution in [2.24, 2.45) is 7.05 Å². The lowest BCUT2D eigenvalue weighted by molar-refractivity contribution is -0.161. The number of nitrogens with zero attached hydrogens (tertiary/aromatic N) is 2. The average molecular weight is 445 g/mol. The van der Waals surface area contributed by atoms with Crippen LogP contribution in [-0.2, 0) is 19.4 Å². The molecule has 164 valence electrons. The van der Waals surface area contributed by atoms with E-state index >= 15 is 0 Å². The minimum absolute atomic E-state index is 0.125. The number of benzene rings is 2. The summed E-state index contributed by atoms with van der Waals surface area (Å²) in [7, 11) is 1.17. The summed E-state index contributed by atoms with van der Waals surface area (Å²) < 4.78 is 96.6. The van der Waals surface area contributed by atoms with E-state index in [9.17, 15) is 35.5 Å². The Morgan fingerprint density at radius 1 is 0.968 bits per heavy atom. The van der Waals surface area contributed by atoms with E-state index in [4.69, 9.17) is 0 Å². The first-order valence-electron chi connectivity index (χ1n) is 8.69. The first-order valence-corrected chi connectivity index (χ1v) is 8.69. The summed E-state index contributed by atoms with van der Waals surface area (Å²) in [5, 5.41) is 5.52. The first-order chi connectivity index (χ1) is 14.3. The highest BCUT2D eigenvalue weighted by molar-refractivity contribution is 6.07. The second kappa shape index (κ2) is 7.71. The standard InChI is InChI=1S/C20H14F7N3O/c1-10-14(17(21)30(2)29-10)18(31)28-16-12(11-6-4-3-5-7-11)8-9-13(19(22,23)24)15(16)20(25,26)27/h3-9H,1-2H3,(H,28,31). The molecule has 0 bridgehead atoms. The summed E-state index contributed by atoms with van der Waals surface area (Å²) in [5.41, 5.74) is -6.17. The third-order valence-corrected chi connectivity index (χ3v) is 4.50. The van der Waals surface area contributed by atoms with Gasteiger partial charge in [0.05, 0.1) is 22.5 Å². The molecule has 3 rings (SSSR count). The van der Waals surface area contributed by atoms with Gasteiger partial charge in [0.1, 0.15) is 5.56 Å². The predicted molar refractivity (Wildman–Crippen MR) is 97.7 cm³/mol. The van der Waals surface area contributed by atoms with Crippen LogP contribution in [-0.4, -0.2) is 15.7 Å². The average Bonchev–Trinajstić information content (AvgIpc) is 2.92. The van der Waals surface area contributed by atoms with Crippen LogP contribution in [0.2, 0.25) is 0 Å². The molecule has 0 aliphatic heterocycles. The van der Waals surface area contributed by atoms with E-state index < -0.39 is 46.6 Å². The molecule has 0 saturated heterocycles. The lowest BCUT2D eigenvalue weighted by Gasteiger charge is -2.22. The molecule has 1 heterocycles. The highest BCUT2D eigenvalue weighted by atomic mass is 19.4. The van der Waals surface area contributed by atoms with Gasteiger partial charge in [0.2, 0.25) is 5.95 Å². The van der Waals surface area contributed by atoms with Crippen LogP contribution in [0.1, 0.15) is 27.2 Å². The van der Waals surface area contributed by atoms with Crippen LogP contribution >= 0.6 is 0 Å². The number of amides is 1. The lowest BCUT2D eigenvalue weighted by atomic mass is 9.95. The summed E-state index contributed by atoms with van der Waals surface area (Å²) in [6.07, 6.45) is -10.8. The normalized spacial score (nSPS) is 12.2.